The van der Waals surface area contributed by atoms with E-state index >= 15 is 0 Å². The third kappa shape index (κ3) is 5.38. The quantitative estimate of drug-likeness (QED) is 0.481. The van der Waals surface area contributed by atoms with Crippen LogP contribution in [-0.2, 0) is 15.9 Å². The lowest BCUT2D eigenvalue weighted by Gasteiger charge is -2.23. The molecule has 1 aliphatic rings. The number of rotatable bonds is 10. The fourth-order valence-corrected chi connectivity index (χ4v) is 3.08. The fraction of sp³-hybridized carbons (Fsp3) is 0.833. The molecule has 24 heavy (non-hydrogen) atoms. The first-order valence-electron chi connectivity index (χ1n) is 9.24. The van der Waals surface area contributed by atoms with Crippen LogP contribution in [0, 0.1) is 5.92 Å². The lowest BCUT2D eigenvalue weighted by molar-refractivity contribution is 0.101. The van der Waals surface area contributed by atoms with E-state index in [-0.39, 0.29) is 0 Å². The third-order valence-corrected chi connectivity index (χ3v) is 4.52. The fourth-order valence-electron chi connectivity index (χ4n) is 3.08. The maximum Gasteiger partial charge on any atom is 0.232 e. The number of hydrogen-bond acceptors (Lipinski definition) is 6. The van der Waals surface area contributed by atoms with Gasteiger partial charge in [-0.1, -0.05) is 27.2 Å². The van der Waals surface area contributed by atoms with Crippen molar-refractivity contribution < 1.29 is 9.47 Å². The van der Waals surface area contributed by atoms with Crippen LogP contribution in [0.25, 0.3) is 0 Å². The van der Waals surface area contributed by atoms with Gasteiger partial charge in [0.15, 0.2) is 0 Å². The smallest absolute Gasteiger partial charge is 0.232 e. The predicted molar refractivity (Wildman–Crippen MR) is 95.0 cm³/mol. The number of ether oxygens (including phenoxy) is 2. The molecule has 0 radical (unpaired) electrons. The minimum Gasteiger partial charge on any atom is -0.364 e. The number of unbranched alkanes of at least 4 members (excludes halogenated alkanes) is 1. The van der Waals surface area contributed by atoms with Crippen LogP contribution in [0.1, 0.15) is 70.4 Å². The van der Waals surface area contributed by atoms with Gasteiger partial charge in [-0.25, -0.2) is 4.98 Å². The molecule has 2 rings (SSSR count). The minimum atomic E-state index is 0.416. The zero-order valence-corrected chi connectivity index (χ0v) is 15.6. The van der Waals surface area contributed by atoms with Gasteiger partial charge in [-0.3, -0.25) is 4.90 Å². The van der Waals surface area contributed by atoms with E-state index < -0.39 is 0 Å². The van der Waals surface area contributed by atoms with Crippen molar-refractivity contribution in [3.05, 3.63) is 11.6 Å². The summed E-state index contributed by atoms with van der Waals surface area (Å²) in [6, 6.07) is 0. The molecule has 136 valence electrons. The number of aromatic nitrogens is 3. The Morgan fingerprint density at radius 1 is 1.12 bits per heavy atom. The van der Waals surface area contributed by atoms with Crippen molar-refractivity contribution in [2.75, 3.05) is 32.1 Å². The van der Waals surface area contributed by atoms with Crippen molar-refractivity contribution >= 4 is 5.95 Å². The van der Waals surface area contributed by atoms with E-state index in [1.807, 2.05) is 4.90 Å². The van der Waals surface area contributed by atoms with Crippen LogP contribution in [0.2, 0.25) is 0 Å². The van der Waals surface area contributed by atoms with Crippen molar-refractivity contribution in [3.63, 3.8) is 0 Å². The standard InChI is InChI=1S/C18H32N4O2/c1-5-7-10-24-13-22(12-23-4)18-20-16(6-2)19-17(21-18)15-9-8-14(3)11-15/h14-15H,5-13H2,1-4H3. The molecule has 2 atom stereocenters. The second kappa shape index (κ2) is 9.89. The molecule has 0 spiro atoms. The molecule has 6 nitrogen and oxygen atoms in total. The Bertz CT molecular complexity index is 498. The molecule has 0 saturated heterocycles. The molecule has 1 aromatic heterocycles. The van der Waals surface area contributed by atoms with Gasteiger partial charge in [-0.2, -0.15) is 9.97 Å². The molecule has 1 saturated carbocycles. The molecule has 1 fully saturated rings. The van der Waals surface area contributed by atoms with E-state index in [9.17, 15) is 0 Å². The largest absolute Gasteiger partial charge is 0.364 e. The lowest BCUT2D eigenvalue weighted by atomic mass is 10.1. The Morgan fingerprint density at radius 2 is 1.96 bits per heavy atom. The molecule has 1 aliphatic carbocycles. The lowest BCUT2D eigenvalue weighted by Crippen LogP contribution is -2.31. The van der Waals surface area contributed by atoms with E-state index in [2.05, 4.69) is 25.8 Å². The van der Waals surface area contributed by atoms with Gasteiger partial charge in [0.25, 0.3) is 0 Å². The highest BCUT2D eigenvalue weighted by Gasteiger charge is 2.26. The first-order valence-corrected chi connectivity index (χ1v) is 9.24. The Labute approximate surface area is 146 Å². The molecule has 0 amide bonds. The van der Waals surface area contributed by atoms with E-state index in [1.165, 1.54) is 19.3 Å². The van der Waals surface area contributed by atoms with Gasteiger partial charge >= 0.3 is 0 Å². The summed E-state index contributed by atoms with van der Waals surface area (Å²) in [4.78, 5) is 16.0. The number of nitrogens with zero attached hydrogens (tertiary/aromatic N) is 4. The van der Waals surface area contributed by atoms with Gasteiger partial charge in [0.05, 0.1) is 0 Å². The summed E-state index contributed by atoms with van der Waals surface area (Å²) in [5.74, 6) is 3.68. The van der Waals surface area contributed by atoms with Gasteiger partial charge in [0.2, 0.25) is 5.95 Å². The first-order chi connectivity index (χ1) is 11.7. The van der Waals surface area contributed by atoms with Crippen LogP contribution in [0.3, 0.4) is 0 Å². The predicted octanol–water partition coefficient (Wildman–Crippen LogP) is 3.52. The van der Waals surface area contributed by atoms with E-state index in [0.717, 1.165) is 43.4 Å². The topological polar surface area (TPSA) is 60.4 Å². The zero-order chi connectivity index (χ0) is 17.4. The molecule has 2 unspecified atom stereocenters. The van der Waals surface area contributed by atoms with Gasteiger partial charge in [0, 0.05) is 26.1 Å². The maximum atomic E-state index is 5.74. The summed E-state index contributed by atoms with van der Waals surface area (Å²) in [7, 11) is 1.68. The summed E-state index contributed by atoms with van der Waals surface area (Å²) in [6.07, 6.45) is 6.59. The zero-order valence-electron chi connectivity index (χ0n) is 15.6. The average molecular weight is 336 g/mol. The van der Waals surface area contributed by atoms with Gasteiger partial charge in [0.1, 0.15) is 25.1 Å². The molecular formula is C18H32N4O2. The minimum absolute atomic E-state index is 0.416. The molecule has 6 heteroatoms. The third-order valence-electron chi connectivity index (χ3n) is 4.52. The second-order valence-electron chi connectivity index (χ2n) is 6.73. The SMILES string of the molecule is CCCCOCN(COC)c1nc(CC)nc(C2CCC(C)C2)n1. The van der Waals surface area contributed by atoms with Crippen molar-refractivity contribution in [3.8, 4) is 0 Å². The number of methoxy groups -OCH3 is 1. The van der Waals surface area contributed by atoms with Crippen LogP contribution in [0.4, 0.5) is 5.95 Å². The molecule has 0 N–H and O–H groups in total. The monoisotopic (exact) mass is 336 g/mol. The summed E-state index contributed by atoms with van der Waals surface area (Å²) in [6.45, 7) is 8.15. The highest BCUT2D eigenvalue weighted by molar-refractivity contribution is 5.29. The average Bonchev–Trinajstić information content (AvgIpc) is 3.03. The molecule has 1 aromatic rings. The van der Waals surface area contributed by atoms with E-state index in [0.29, 0.717) is 25.3 Å². The molecular weight excluding hydrogens is 304 g/mol. The summed E-state index contributed by atoms with van der Waals surface area (Å²) in [5.41, 5.74) is 0. The van der Waals surface area contributed by atoms with Crippen LogP contribution >= 0.6 is 0 Å². The first kappa shape index (κ1) is 19.1. The van der Waals surface area contributed by atoms with Crippen LogP contribution in [-0.4, -0.2) is 42.1 Å². The van der Waals surface area contributed by atoms with Crippen LogP contribution in [0.15, 0.2) is 0 Å². The summed E-state index contributed by atoms with van der Waals surface area (Å²) < 4.78 is 11.1. The number of aryl methyl sites for hydroxylation is 1. The van der Waals surface area contributed by atoms with Crippen molar-refractivity contribution in [2.45, 2.75) is 65.2 Å². The number of anilines is 1. The second-order valence-corrected chi connectivity index (χ2v) is 6.73. The van der Waals surface area contributed by atoms with Gasteiger partial charge < -0.3 is 9.47 Å². The van der Waals surface area contributed by atoms with Crippen molar-refractivity contribution in [1.82, 2.24) is 15.0 Å². The summed E-state index contributed by atoms with van der Waals surface area (Å²) in [5, 5.41) is 0. The van der Waals surface area contributed by atoms with E-state index in [1.54, 1.807) is 7.11 Å². The van der Waals surface area contributed by atoms with Crippen LogP contribution < -0.4 is 4.90 Å². The van der Waals surface area contributed by atoms with Gasteiger partial charge in [-0.05, 0) is 31.6 Å². The summed E-state index contributed by atoms with van der Waals surface area (Å²) >= 11 is 0. The Kier molecular flexibility index (Phi) is 7.85. The molecule has 0 aliphatic heterocycles. The molecule has 0 bridgehead atoms. The Hall–Kier alpha value is -1.27. The van der Waals surface area contributed by atoms with E-state index in [4.69, 9.17) is 19.4 Å². The highest BCUT2D eigenvalue weighted by atomic mass is 16.5. The van der Waals surface area contributed by atoms with Crippen molar-refractivity contribution in [1.29, 1.82) is 0 Å². The molecule has 0 aromatic carbocycles. The number of hydrogen-bond donors (Lipinski definition) is 0. The van der Waals surface area contributed by atoms with Gasteiger partial charge in [-0.15, -0.1) is 0 Å². The normalized spacial score (nSPS) is 20.5. The Balaban J connectivity index is 2.15. The molecule has 1 heterocycles. The highest BCUT2D eigenvalue weighted by Crippen LogP contribution is 2.36. The van der Waals surface area contributed by atoms with Crippen molar-refractivity contribution in [2.24, 2.45) is 5.92 Å². The van der Waals surface area contributed by atoms with Crippen LogP contribution in [0.5, 0.6) is 0 Å². The maximum absolute atomic E-state index is 5.74. The Morgan fingerprint density at radius 3 is 2.58 bits per heavy atom.